The third-order valence-corrected chi connectivity index (χ3v) is 3.78. The number of nitrogens with one attached hydrogen (secondary N) is 2. The number of rotatable bonds is 4. The maximum absolute atomic E-state index is 12.6. The summed E-state index contributed by atoms with van der Waals surface area (Å²) in [4.78, 5) is 29.0. The van der Waals surface area contributed by atoms with Crippen LogP contribution in [0.5, 0.6) is 0 Å². The summed E-state index contributed by atoms with van der Waals surface area (Å²) in [5.74, 6) is -0.574. The first kappa shape index (κ1) is 15.7. The molecule has 3 rings (SSSR count). The minimum Gasteiger partial charge on any atom is -0.357 e. The number of pyridine rings is 1. The highest BCUT2D eigenvalue weighted by Gasteiger charge is 2.22. The van der Waals surface area contributed by atoms with Gasteiger partial charge in [0.15, 0.2) is 0 Å². The first-order valence-electron chi connectivity index (χ1n) is 7.61. The van der Waals surface area contributed by atoms with Gasteiger partial charge in [0.05, 0.1) is 5.52 Å². The first-order chi connectivity index (χ1) is 11.7. The highest BCUT2D eigenvalue weighted by molar-refractivity contribution is 6.00. The van der Waals surface area contributed by atoms with Crippen LogP contribution < -0.4 is 10.6 Å². The number of carbonyl (C=O) groups excluding carboxylic acids is 2. The molecular formula is C19H17N3O2. The number of nitrogens with zero attached hydrogens (tertiary/aromatic N) is 1. The van der Waals surface area contributed by atoms with E-state index in [-0.39, 0.29) is 11.8 Å². The highest BCUT2D eigenvalue weighted by Crippen LogP contribution is 2.16. The van der Waals surface area contributed by atoms with Crippen molar-refractivity contribution in [1.29, 1.82) is 0 Å². The molecule has 1 atom stereocenters. The second-order valence-corrected chi connectivity index (χ2v) is 5.34. The molecule has 0 aliphatic carbocycles. The van der Waals surface area contributed by atoms with Crippen molar-refractivity contribution in [3.63, 3.8) is 0 Å². The average molecular weight is 319 g/mol. The molecule has 2 N–H and O–H groups in total. The molecule has 0 radical (unpaired) electrons. The van der Waals surface area contributed by atoms with Crippen LogP contribution in [0.2, 0.25) is 0 Å². The highest BCUT2D eigenvalue weighted by atomic mass is 16.2. The van der Waals surface area contributed by atoms with Gasteiger partial charge in [-0.1, -0.05) is 36.4 Å². The zero-order valence-corrected chi connectivity index (χ0v) is 13.2. The molecule has 1 aromatic heterocycles. The maximum atomic E-state index is 12.6. The van der Waals surface area contributed by atoms with Crippen molar-refractivity contribution >= 4 is 22.7 Å². The molecular weight excluding hydrogens is 302 g/mol. The van der Waals surface area contributed by atoms with Crippen LogP contribution in [0, 0.1) is 0 Å². The average Bonchev–Trinajstić information content (AvgIpc) is 2.65. The second-order valence-electron chi connectivity index (χ2n) is 5.34. The lowest BCUT2D eigenvalue weighted by atomic mass is 10.0. The van der Waals surface area contributed by atoms with Gasteiger partial charge in [0, 0.05) is 24.2 Å². The molecule has 3 aromatic rings. The first-order valence-corrected chi connectivity index (χ1v) is 7.61. The van der Waals surface area contributed by atoms with Gasteiger partial charge in [-0.2, -0.15) is 0 Å². The molecule has 1 heterocycles. The Morgan fingerprint density at radius 2 is 1.79 bits per heavy atom. The molecule has 5 heteroatoms. The van der Waals surface area contributed by atoms with E-state index in [1.807, 2.05) is 42.5 Å². The van der Waals surface area contributed by atoms with Crippen molar-refractivity contribution < 1.29 is 9.59 Å². The van der Waals surface area contributed by atoms with Crippen LogP contribution in [0.3, 0.4) is 0 Å². The standard InChI is InChI=1S/C19H17N3O2/c1-20-19(24)17(13-6-3-2-4-7-13)22-18(23)15-9-10-16-14(12-15)8-5-11-21-16/h2-12,17H,1H3,(H,20,24)(H,22,23)/t17-/m1/s1. The topological polar surface area (TPSA) is 71.1 Å². The minimum atomic E-state index is -0.742. The lowest BCUT2D eigenvalue weighted by Crippen LogP contribution is -2.39. The third kappa shape index (κ3) is 3.25. The SMILES string of the molecule is CNC(=O)[C@H](NC(=O)c1ccc2ncccc2c1)c1ccccc1. The zero-order chi connectivity index (χ0) is 16.9. The number of likely N-dealkylation sites (N-methyl/N-ethyl adjacent to an activating group) is 1. The van der Waals surface area contributed by atoms with Gasteiger partial charge in [-0.15, -0.1) is 0 Å². The minimum absolute atomic E-state index is 0.267. The molecule has 24 heavy (non-hydrogen) atoms. The van der Waals surface area contributed by atoms with Crippen LogP contribution in [-0.2, 0) is 4.79 Å². The van der Waals surface area contributed by atoms with Crippen LogP contribution >= 0.6 is 0 Å². The predicted molar refractivity (Wildman–Crippen MR) is 92.5 cm³/mol. The van der Waals surface area contributed by atoms with E-state index in [1.165, 1.54) is 0 Å². The maximum Gasteiger partial charge on any atom is 0.252 e. The van der Waals surface area contributed by atoms with Gasteiger partial charge < -0.3 is 10.6 Å². The van der Waals surface area contributed by atoms with Crippen LogP contribution in [0.25, 0.3) is 10.9 Å². The molecule has 0 saturated carbocycles. The Morgan fingerprint density at radius 3 is 2.54 bits per heavy atom. The summed E-state index contributed by atoms with van der Waals surface area (Å²) in [6.07, 6.45) is 1.71. The van der Waals surface area contributed by atoms with E-state index >= 15 is 0 Å². The summed E-state index contributed by atoms with van der Waals surface area (Å²) >= 11 is 0. The molecule has 5 nitrogen and oxygen atoms in total. The van der Waals surface area contributed by atoms with Crippen LogP contribution in [-0.4, -0.2) is 23.8 Å². The van der Waals surface area contributed by atoms with Crippen molar-refractivity contribution in [3.8, 4) is 0 Å². The molecule has 0 aliphatic rings. The van der Waals surface area contributed by atoms with E-state index in [0.717, 1.165) is 16.5 Å². The molecule has 2 aromatic carbocycles. The monoisotopic (exact) mass is 319 g/mol. The number of hydrogen-bond donors (Lipinski definition) is 2. The smallest absolute Gasteiger partial charge is 0.252 e. The Morgan fingerprint density at radius 1 is 1.00 bits per heavy atom. The zero-order valence-electron chi connectivity index (χ0n) is 13.2. The van der Waals surface area contributed by atoms with Gasteiger partial charge in [0.1, 0.15) is 6.04 Å². The van der Waals surface area contributed by atoms with Gasteiger partial charge in [-0.3, -0.25) is 14.6 Å². The Kier molecular flexibility index (Phi) is 4.52. The summed E-state index contributed by atoms with van der Waals surface area (Å²) in [6.45, 7) is 0. The lowest BCUT2D eigenvalue weighted by Gasteiger charge is -2.18. The van der Waals surface area contributed by atoms with Crippen molar-refractivity contribution in [2.24, 2.45) is 0 Å². The number of carbonyl (C=O) groups is 2. The summed E-state index contributed by atoms with van der Waals surface area (Å²) in [5, 5.41) is 6.26. The summed E-state index contributed by atoms with van der Waals surface area (Å²) < 4.78 is 0. The molecule has 0 unspecified atom stereocenters. The third-order valence-electron chi connectivity index (χ3n) is 3.78. The molecule has 0 aliphatic heterocycles. The van der Waals surface area contributed by atoms with Gasteiger partial charge in [0.25, 0.3) is 5.91 Å². The van der Waals surface area contributed by atoms with Gasteiger partial charge in [0.2, 0.25) is 5.91 Å². The second kappa shape index (κ2) is 6.91. The number of amides is 2. The number of fused-ring (bicyclic) bond motifs is 1. The van der Waals surface area contributed by atoms with Crippen molar-refractivity contribution in [3.05, 3.63) is 78.0 Å². The van der Waals surface area contributed by atoms with Crippen LogP contribution in [0.1, 0.15) is 22.0 Å². The molecule has 2 amide bonds. The van der Waals surface area contributed by atoms with Crippen LogP contribution in [0.4, 0.5) is 0 Å². The molecule has 0 spiro atoms. The molecule has 120 valence electrons. The van der Waals surface area contributed by atoms with Crippen molar-refractivity contribution in [2.75, 3.05) is 7.05 Å². The van der Waals surface area contributed by atoms with Crippen molar-refractivity contribution in [2.45, 2.75) is 6.04 Å². The summed E-state index contributed by atoms with van der Waals surface area (Å²) in [7, 11) is 1.55. The fraction of sp³-hybridized carbons (Fsp3) is 0.105. The van der Waals surface area contributed by atoms with E-state index in [4.69, 9.17) is 0 Å². The Hall–Kier alpha value is -3.21. The quantitative estimate of drug-likeness (QED) is 0.776. The number of benzene rings is 2. The molecule has 0 fully saturated rings. The Labute approximate surface area is 139 Å². The van der Waals surface area contributed by atoms with E-state index in [1.54, 1.807) is 31.4 Å². The molecule has 0 bridgehead atoms. The van der Waals surface area contributed by atoms with E-state index in [0.29, 0.717) is 5.56 Å². The molecule has 0 saturated heterocycles. The van der Waals surface area contributed by atoms with E-state index in [2.05, 4.69) is 15.6 Å². The number of aromatic nitrogens is 1. The fourth-order valence-electron chi connectivity index (χ4n) is 2.52. The normalized spacial score (nSPS) is 11.7. The Balaban J connectivity index is 1.88. The van der Waals surface area contributed by atoms with Gasteiger partial charge in [-0.25, -0.2) is 0 Å². The number of hydrogen-bond acceptors (Lipinski definition) is 3. The largest absolute Gasteiger partial charge is 0.357 e. The fourth-order valence-corrected chi connectivity index (χ4v) is 2.52. The van der Waals surface area contributed by atoms with Crippen LogP contribution in [0.15, 0.2) is 66.9 Å². The van der Waals surface area contributed by atoms with Crippen molar-refractivity contribution in [1.82, 2.24) is 15.6 Å². The van der Waals surface area contributed by atoms with Gasteiger partial charge >= 0.3 is 0 Å². The van der Waals surface area contributed by atoms with Gasteiger partial charge in [-0.05, 0) is 29.8 Å². The summed E-state index contributed by atoms with van der Waals surface area (Å²) in [6, 6.07) is 17.4. The lowest BCUT2D eigenvalue weighted by molar-refractivity contribution is -0.122. The Bertz CT molecular complexity index is 878. The van der Waals surface area contributed by atoms with E-state index < -0.39 is 6.04 Å². The predicted octanol–water partition coefficient (Wildman–Crippen LogP) is 2.45. The summed E-state index contributed by atoms with van der Waals surface area (Å²) in [5.41, 5.74) is 2.04. The van der Waals surface area contributed by atoms with E-state index in [9.17, 15) is 9.59 Å².